The summed E-state index contributed by atoms with van der Waals surface area (Å²) in [6.07, 6.45) is 0. The van der Waals surface area contributed by atoms with E-state index in [9.17, 15) is 4.79 Å². The number of hydrogen-bond acceptors (Lipinski definition) is 3. The number of aryl methyl sites for hydroxylation is 1. The van der Waals surface area contributed by atoms with Crippen LogP contribution in [0.1, 0.15) is 27.0 Å². The second-order valence-corrected chi connectivity index (χ2v) is 4.66. The van der Waals surface area contributed by atoms with Crippen molar-refractivity contribution < 1.29 is 9.53 Å². The molecule has 104 valence electrons. The van der Waals surface area contributed by atoms with E-state index in [0.717, 1.165) is 16.9 Å². The minimum absolute atomic E-state index is 0.307. The molecule has 0 fully saturated rings. The summed E-state index contributed by atoms with van der Waals surface area (Å²) in [5.41, 5.74) is 5.89. The van der Waals surface area contributed by atoms with Crippen molar-refractivity contribution in [2.45, 2.75) is 20.5 Å². The van der Waals surface area contributed by atoms with E-state index in [1.54, 1.807) is 12.1 Å². The number of hydrogen-bond donors (Lipinski definition) is 2. The van der Waals surface area contributed by atoms with E-state index >= 15 is 0 Å². The minimum atomic E-state index is -0.307. The number of carbonyl (C=O) groups is 1. The van der Waals surface area contributed by atoms with Crippen LogP contribution in [-0.4, -0.2) is 5.91 Å². The van der Waals surface area contributed by atoms with Crippen LogP contribution in [0, 0.1) is 13.8 Å². The summed E-state index contributed by atoms with van der Waals surface area (Å²) in [5, 5.41) is 0. The van der Waals surface area contributed by atoms with Crippen LogP contribution in [0.25, 0.3) is 0 Å². The molecule has 0 radical (unpaired) electrons. The van der Waals surface area contributed by atoms with Gasteiger partial charge in [0, 0.05) is 5.56 Å². The molecular weight excluding hydrogens is 252 g/mol. The molecule has 0 aliphatic heterocycles. The lowest BCUT2D eigenvalue weighted by molar-refractivity contribution is 0.0953. The van der Waals surface area contributed by atoms with Gasteiger partial charge in [0.15, 0.2) is 0 Å². The molecule has 3 N–H and O–H groups in total. The Balaban J connectivity index is 2.11. The summed E-state index contributed by atoms with van der Waals surface area (Å²) in [5.74, 6) is 5.68. The summed E-state index contributed by atoms with van der Waals surface area (Å²) >= 11 is 0. The maximum absolute atomic E-state index is 11.5. The zero-order valence-electron chi connectivity index (χ0n) is 11.6. The number of nitrogens with one attached hydrogen (secondary N) is 1. The molecule has 2 aromatic rings. The van der Waals surface area contributed by atoms with Crippen LogP contribution in [-0.2, 0) is 6.61 Å². The number of carbonyl (C=O) groups excluding carboxylic acids is 1. The lowest BCUT2D eigenvalue weighted by atomic mass is 10.1. The van der Waals surface area contributed by atoms with Crippen molar-refractivity contribution in [2.75, 3.05) is 0 Å². The first kappa shape index (κ1) is 14.1. The molecule has 20 heavy (non-hydrogen) atoms. The van der Waals surface area contributed by atoms with E-state index in [-0.39, 0.29) is 5.91 Å². The molecule has 4 heteroatoms. The number of benzene rings is 2. The van der Waals surface area contributed by atoms with Crippen LogP contribution in [0.5, 0.6) is 5.75 Å². The number of ether oxygens (including phenoxy) is 1. The molecule has 0 aromatic heterocycles. The smallest absolute Gasteiger partial charge is 0.265 e. The van der Waals surface area contributed by atoms with Crippen LogP contribution in [0.15, 0.2) is 42.5 Å². The minimum Gasteiger partial charge on any atom is -0.489 e. The number of rotatable bonds is 4. The average molecular weight is 270 g/mol. The van der Waals surface area contributed by atoms with E-state index in [1.807, 2.05) is 31.2 Å². The highest BCUT2D eigenvalue weighted by Crippen LogP contribution is 2.21. The summed E-state index contributed by atoms with van der Waals surface area (Å²) in [6.45, 7) is 4.49. The maximum atomic E-state index is 11.5. The topological polar surface area (TPSA) is 64.3 Å². The Morgan fingerprint density at radius 1 is 1.20 bits per heavy atom. The normalized spacial score (nSPS) is 10.2. The van der Waals surface area contributed by atoms with E-state index in [1.165, 1.54) is 5.56 Å². The fourth-order valence-corrected chi connectivity index (χ4v) is 1.93. The molecule has 0 bridgehead atoms. The molecule has 2 aromatic carbocycles. The van der Waals surface area contributed by atoms with E-state index in [0.29, 0.717) is 12.2 Å². The van der Waals surface area contributed by atoms with E-state index in [4.69, 9.17) is 10.6 Å². The summed E-state index contributed by atoms with van der Waals surface area (Å²) < 4.78 is 5.81. The highest BCUT2D eigenvalue weighted by molar-refractivity contribution is 5.93. The van der Waals surface area contributed by atoms with Crippen molar-refractivity contribution in [1.82, 2.24) is 5.43 Å². The van der Waals surface area contributed by atoms with Crippen LogP contribution in [0.2, 0.25) is 0 Å². The van der Waals surface area contributed by atoms with Crippen molar-refractivity contribution in [2.24, 2.45) is 5.84 Å². The van der Waals surface area contributed by atoms with Crippen LogP contribution in [0.4, 0.5) is 0 Å². The van der Waals surface area contributed by atoms with Crippen molar-refractivity contribution >= 4 is 5.91 Å². The molecule has 0 spiro atoms. The average Bonchev–Trinajstić information content (AvgIpc) is 2.48. The largest absolute Gasteiger partial charge is 0.489 e. The van der Waals surface area contributed by atoms with Crippen molar-refractivity contribution in [1.29, 1.82) is 0 Å². The van der Waals surface area contributed by atoms with Gasteiger partial charge < -0.3 is 4.74 Å². The highest BCUT2D eigenvalue weighted by atomic mass is 16.5. The van der Waals surface area contributed by atoms with E-state index in [2.05, 4.69) is 18.4 Å². The fourth-order valence-electron chi connectivity index (χ4n) is 1.93. The molecule has 0 saturated heterocycles. The zero-order valence-corrected chi connectivity index (χ0v) is 11.6. The van der Waals surface area contributed by atoms with Gasteiger partial charge in [-0.25, -0.2) is 5.84 Å². The first-order valence-electron chi connectivity index (χ1n) is 6.40. The Morgan fingerprint density at radius 3 is 2.70 bits per heavy atom. The van der Waals surface area contributed by atoms with Crippen LogP contribution in [0.3, 0.4) is 0 Å². The van der Waals surface area contributed by atoms with Gasteiger partial charge in [-0.3, -0.25) is 10.2 Å². The van der Waals surface area contributed by atoms with Gasteiger partial charge in [0.25, 0.3) is 5.91 Å². The quantitative estimate of drug-likeness (QED) is 0.509. The SMILES string of the molecule is Cc1cccc(OCc2cccc(C(=O)NN)c2)c1C. The maximum Gasteiger partial charge on any atom is 0.265 e. The highest BCUT2D eigenvalue weighted by Gasteiger charge is 2.06. The third kappa shape index (κ3) is 3.16. The predicted molar refractivity (Wildman–Crippen MR) is 78.3 cm³/mol. The third-order valence-electron chi connectivity index (χ3n) is 3.27. The zero-order chi connectivity index (χ0) is 14.5. The molecule has 0 atom stereocenters. The molecule has 2 rings (SSSR count). The summed E-state index contributed by atoms with van der Waals surface area (Å²) in [4.78, 5) is 11.5. The van der Waals surface area contributed by atoms with Crippen LogP contribution < -0.4 is 16.0 Å². The second kappa shape index (κ2) is 6.21. The van der Waals surface area contributed by atoms with Crippen LogP contribution >= 0.6 is 0 Å². The molecule has 0 heterocycles. The van der Waals surface area contributed by atoms with Crippen molar-refractivity contribution in [3.8, 4) is 5.75 Å². The molecule has 0 aliphatic rings. The third-order valence-corrected chi connectivity index (χ3v) is 3.27. The second-order valence-electron chi connectivity index (χ2n) is 4.66. The van der Waals surface area contributed by atoms with Gasteiger partial charge >= 0.3 is 0 Å². The molecule has 4 nitrogen and oxygen atoms in total. The van der Waals surface area contributed by atoms with Gasteiger partial charge in [0.1, 0.15) is 12.4 Å². The van der Waals surface area contributed by atoms with Crippen molar-refractivity contribution in [3.05, 3.63) is 64.7 Å². The van der Waals surface area contributed by atoms with Gasteiger partial charge in [-0.1, -0.05) is 24.3 Å². The number of nitrogen functional groups attached to an aromatic ring is 1. The molecule has 1 amide bonds. The number of nitrogens with two attached hydrogens (primary N) is 1. The first-order valence-corrected chi connectivity index (χ1v) is 6.40. The Morgan fingerprint density at radius 2 is 1.95 bits per heavy atom. The number of hydrazine groups is 1. The predicted octanol–water partition coefficient (Wildman–Crippen LogP) is 2.49. The Labute approximate surface area is 118 Å². The number of amides is 1. The van der Waals surface area contributed by atoms with Gasteiger partial charge in [-0.05, 0) is 48.7 Å². The Bertz CT molecular complexity index is 624. The fraction of sp³-hybridized carbons (Fsp3) is 0.188. The Kier molecular flexibility index (Phi) is 4.38. The first-order chi connectivity index (χ1) is 9.61. The monoisotopic (exact) mass is 270 g/mol. The summed E-state index contributed by atoms with van der Waals surface area (Å²) in [6, 6.07) is 13.2. The lowest BCUT2D eigenvalue weighted by Crippen LogP contribution is -2.30. The van der Waals surface area contributed by atoms with Crippen molar-refractivity contribution in [3.63, 3.8) is 0 Å². The molecular formula is C16H18N2O2. The molecule has 0 unspecified atom stereocenters. The summed E-state index contributed by atoms with van der Waals surface area (Å²) in [7, 11) is 0. The van der Waals surface area contributed by atoms with E-state index < -0.39 is 0 Å². The Hall–Kier alpha value is -2.33. The standard InChI is InChI=1S/C16H18N2O2/c1-11-5-3-8-15(12(11)2)20-10-13-6-4-7-14(9-13)16(19)18-17/h3-9H,10,17H2,1-2H3,(H,18,19). The lowest BCUT2D eigenvalue weighted by Gasteiger charge is -2.11. The van der Waals surface area contributed by atoms with Gasteiger partial charge in [0.2, 0.25) is 0 Å². The van der Waals surface area contributed by atoms with Gasteiger partial charge in [0.05, 0.1) is 0 Å². The van der Waals surface area contributed by atoms with Gasteiger partial charge in [-0.2, -0.15) is 0 Å². The molecule has 0 aliphatic carbocycles. The van der Waals surface area contributed by atoms with Gasteiger partial charge in [-0.15, -0.1) is 0 Å². The molecule has 0 saturated carbocycles.